The van der Waals surface area contributed by atoms with E-state index >= 15 is 0 Å². The van der Waals surface area contributed by atoms with Crippen LogP contribution in [0.5, 0.6) is 11.5 Å². The average molecular weight is 553 g/mol. The molecule has 7 nitrogen and oxygen atoms in total. The number of carbonyl (C=O) groups is 2. The van der Waals surface area contributed by atoms with Crippen molar-refractivity contribution in [1.29, 1.82) is 0 Å². The van der Waals surface area contributed by atoms with Gasteiger partial charge in [-0.15, -0.1) is 0 Å². The van der Waals surface area contributed by atoms with Crippen molar-refractivity contribution in [3.8, 4) is 11.5 Å². The van der Waals surface area contributed by atoms with Crippen LogP contribution in [0.15, 0.2) is 72.8 Å². The summed E-state index contributed by atoms with van der Waals surface area (Å²) in [5, 5.41) is 3.63. The van der Waals surface area contributed by atoms with Crippen molar-refractivity contribution in [3.05, 3.63) is 94.5 Å². The van der Waals surface area contributed by atoms with E-state index in [1.54, 1.807) is 43.4 Å². The van der Waals surface area contributed by atoms with Crippen molar-refractivity contribution >= 4 is 23.4 Å². The molecule has 39 heavy (non-hydrogen) atoms. The molecule has 0 saturated carbocycles. The van der Waals surface area contributed by atoms with Crippen molar-refractivity contribution < 1.29 is 23.8 Å². The Kier molecular flexibility index (Phi) is 12.1. The highest BCUT2D eigenvalue weighted by atomic mass is 35.5. The Labute approximate surface area is 236 Å². The van der Waals surface area contributed by atoms with Gasteiger partial charge in [-0.05, 0) is 54.3 Å². The Hall–Kier alpha value is -3.55. The van der Waals surface area contributed by atoms with E-state index in [4.69, 9.17) is 25.8 Å². The zero-order chi connectivity index (χ0) is 28.0. The molecule has 8 heteroatoms. The van der Waals surface area contributed by atoms with Gasteiger partial charge in [-0.3, -0.25) is 9.59 Å². The molecule has 1 atom stereocenters. The summed E-state index contributed by atoms with van der Waals surface area (Å²) in [4.78, 5) is 29.2. The Balaban J connectivity index is 1.91. The smallest absolute Gasteiger partial charge is 0.243 e. The Bertz CT molecular complexity index is 1190. The number of hydrogen-bond donors (Lipinski definition) is 1. The fourth-order valence-electron chi connectivity index (χ4n) is 4.26. The molecule has 0 aliphatic heterocycles. The largest absolute Gasteiger partial charge is 0.493 e. The molecule has 2 amide bonds. The summed E-state index contributed by atoms with van der Waals surface area (Å²) in [5.74, 6) is 0.743. The first-order valence-corrected chi connectivity index (χ1v) is 13.5. The number of methoxy groups -OCH3 is 2. The van der Waals surface area contributed by atoms with Crippen LogP contribution in [0.2, 0.25) is 5.02 Å². The number of ether oxygens (including phenoxy) is 3. The summed E-state index contributed by atoms with van der Waals surface area (Å²) in [7, 11) is 3.12. The van der Waals surface area contributed by atoms with Crippen molar-refractivity contribution in [3.63, 3.8) is 0 Å². The average Bonchev–Trinajstić information content (AvgIpc) is 2.96. The van der Waals surface area contributed by atoms with Crippen molar-refractivity contribution in [2.45, 2.75) is 38.8 Å². The lowest BCUT2D eigenvalue weighted by molar-refractivity contribution is -0.140. The Morgan fingerprint density at radius 2 is 1.59 bits per heavy atom. The molecular formula is C31H37ClN2O5. The molecule has 1 N–H and O–H groups in total. The van der Waals surface area contributed by atoms with Crippen LogP contribution in [0.3, 0.4) is 0 Å². The van der Waals surface area contributed by atoms with E-state index in [-0.39, 0.29) is 24.8 Å². The van der Waals surface area contributed by atoms with Crippen molar-refractivity contribution in [2.24, 2.45) is 0 Å². The second-order valence-electron chi connectivity index (χ2n) is 9.06. The fraction of sp³-hybridized carbons (Fsp3) is 0.355. The molecule has 0 radical (unpaired) electrons. The number of nitrogens with one attached hydrogen (secondary N) is 1. The lowest BCUT2D eigenvalue weighted by Crippen LogP contribution is -2.51. The molecule has 0 aliphatic carbocycles. The summed E-state index contributed by atoms with van der Waals surface area (Å²) in [6.45, 7) is 3.85. The van der Waals surface area contributed by atoms with Gasteiger partial charge in [-0.2, -0.15) is 0 Å². The quantitative estimate of drug-likeness (QED) is 0.266. The second kappa shape index (κ2) is 15.8. The molecule has 0 aromatic heterocycles. The number of benzene rings is 3. The summed E-state index contributed by atoms with van der Waals surface area (Å²) >= 11 is 6.11. The monoisotopic (exact) mass is 552 g/mol. The molecule has 208 valence electrons. The van der Waals surface area contributed by atoms with Crippen LogP contribution in [0.1, 0.15) is 30.0 Å². The van der Waals surface area contributed by atoms with Gasteiger partial charge in [0.05, 0.1) is 20.6 Å². The van der Waals surface area contributed by atoms with E-state index in [0.717, 1.165) is 16.7 Å². The van der Waals surface area contributed by atoms with Gasteiger partial charge in [0, 0.05) is 37.7 Å². The molecule has 3 aromatic rings. The van der Waals surface area contributed by atoms with E-state index in [9.17, 15) is 9.59 Å². The number of amides is 2. The summed E-state index contributed by atoms with van der Waals surface area (Å²) in [6, 6.07) is 21.7. The van der Waals surface area contributed by atoms with Crippen LogP contribution in [0, 0.1) is 0 Å². The third-order valence-corrected chi connectivity index (χ3v) is 6.56. The highest BCUT2D eigenvalue weighted by molar-refractivity contribution is 6.30. The van der Waals surface area contributed by atoms with E-state index < -0.39 is 6.04 Å². The molecule has 0 saturated heterocycles. The van der Waals surface area contributed by atoms with Gasteiger partial charge in [0.15, 0.2) is 11.5 Å². The first-order valence-electron chi connectivity index (χ1n) is 13.1. The zero-order valence-corrected chi connectivity index (χ0v) is 23.6. The van der Waals surface area contributed by atoms with E-state index in [2.05, 4.69) is 5.32 Å². The summed E-state index contributed by atoms with van der Waals surface area (Å²) < 4.78 is 16.2. The van der Waals surface area contributed by atoms with Gasteiger partial charge in [0.1, 0.15) is 6.04 Å². The maximum atomic E-state index is 13.9. The van der Waals surface area contributed by atoms with Crippen LogP contribution in [-0.2, 0) is 33.7 Å². The Morgan fingerprint density at radius 1 is 0.897 bits per heavy atom. The fourth-order valence-corrected chi connectivity index (χ4v) is 4.38. The molecule has 3 aromatic carbocycles. The predicted octanol–water partition coefficient (Wildman–Crippen LogP) is 5.08. The summed E-state index contributed by atoms with van der Waals surface area (Å²) in [5.41, 5.74) is 2.60. The molecular weight excluding hydrogens is 516 g/mol. The van der Waals surface area contributed by atoms with Crippen LogP contribution in [0.4, 0.5) is 0 Å². The van der Waals surface area contributed by atoms with E-state index in [1.165, 1.54) is 0 Å². The zero-order valence-electron chi connectivity index (χ0n) is 22.8. The topological polar surface area (TPSA) is 77.1 Å². The highest BCUT2D eigenvalue weighted by Gasteiger charge is 2.30. The number of nitrogens with zero attached hydrogens (tertiary/aromatic N) is 1. The molecule has 0 bridgehead atoms. The molecule has 0 fully saturated rings. The molecule has 0 heterocycles. The summed E-state index contributed by atoms with van der Waals surface area (Å²) in [6.07, 6.45) is 1.16. The second-order valence-corrected chi connectivity index (χ2v) is 9.50. The van der Waals surface area contributed by atoms with Gasteiger partial charge in [-0.1, -0.05) is 60.1 Å². The van der Waals surface area contributed by atoms with Gasteiger partial charge < -0.3 is 24.4 Å². The molecule has 0 spiro atoms. The SMILES string of the molecule is CCOCCCNC(=O)[C@H](Cc1ccccc1)N(Cc1ccc(Cl)cc1)C(=O)Cc1ccc(OC)c(OC)c1. The third-order valence-electron chi connectivity index (χ3n) is 6.31. The first kappa shape index (κ1) is 30.0. The maximum absolute atomic E-state index is 13.9. The number of rotatable bonds is 15. The van der Waals surface area contributed by atoms with Crippen molar-refractivity contribution in [2.75, 3.05) is 34.0 Å². The van der Waals surface area contributed by atoms with Gasteiger partial charge in [0.25, 0.3) is 0 Å². The first-order chi connectivity index (χ1) is 18.9. The normalized spacial score (nSPS) is 11.5. The van der Waals surface area contributed by atoms with Crippen LogP contribution in [0.25, 0.3) is 0 Å². The lowest BCUT2D eigenvalue weighted by atomic mass is 10.0. The standard InChI is InChI=1S/C31H37ClN2O5/c1-4-39-18-8-17-33-31(36)27(19-23-9-6-5-7-10-23)34(22-24-11-14-26(32)15-12-24)30(35)21-25-13-16-28(37-2)29(20-25)38-3/h5-7,9-16,20,27H,4,8,17-19,21-22H2,1-3H3,(H,33,36)/t27-/m0/s1. The minimum Gasteiger partial charge on any atom is -0.493 e. The van der Waals surface area contributed by atoms with Gasteiger partial charge >= 0.3 is 0 Å². The number of hydrogen-bond acceptors (Lipinski definition) is 5. The van der Waals surface area contributed by atoms with Crippen molar-refractivity contribution in [1.82, 2.24) is 10.2 Å². The molecule has 0 aliphatic rings. The highest BCUT2D eigenvalue weighted by Crippen LogP contribution is 2.28. The molecule has 0 unspecified atom stereocenters. The minimum atomic E-state index is -0.720. The number of halogens is 1. The third kappa shape index (κ3) is 9.30. The number of carbonyl (C=O) groups excluding carboxylic acids is 2. The van der Waals surface area contributed by atoms with Gasteiger partial charge in [0.2, 0.25) is 11.8 Å². The molecule has 3 rings (SSSR count). The van der Waals surface area contributed by atoms with E-state index in [0.29, 0.717) is 49.1 Å². The lowest BCUT2D eigenvalue weighted by Gasteiger charge is -2.32. The minimum absolute atomic E-state index is 0.0941. The Morgan fingerprint density at radius 3 is 2.26 bits per heavy atom. The van der Waals surface area contributed by atoms with Crippen LogP contribution >= 0.6 is 11.6 Å². The maximum Gasteiger partial charge on any atom is 0.243 e. The van der Waals surface area contributed by atoms with Gasteiger partial charge in [-0.25, -0.2) is 0 Å². The van der Waals surface area contributed by atoms with Crippen LogP contribution < -0.4 is 14.8 Å². The van der Waals surface area contributed by atoms with E-state index in [1.807, 2.05) is 55.5 Å². The van der Waals surface area contributed by atoms with Crippen LogP contribution in [-0.4, -0.2) is 56.7 Å². The predicted molar refractivity (Wildman–Crippen MR) is 153 cm³/mol.